The van der Waals surface area contributed by atoms with Crippen LogP contribution in [0.25, 0.3) is 0 Å². The van der Waals surface area contributed by atoms with Crippen molar-refractivity contribution >= 4 is 11.7 Å². The molecule has 0 aliphatic carbocycles. The van der Waals surface area contributed by atoms with Crippen molar-refractivity contribution in [3.8, 4) is 0 Å². The second kappa shape index (κ2) is 5.16. The summed E-state index contributed by atoms with van der Waals surface area (Å²) < 4.78 is 4.62. The molecule has 100 valence electrons. The van der Waals surface area contributed by atoms with Crippen molar-refractivity contribution in [3.63, 3.8) is 0 Å². The topological polar surface area (TPSA) is 70.0 Å². The van der Waals surface area contributed by atoms with Crippen molar-refractivity contribution in [1.29, 1.82) is 0 Å². The first-order valence-electron chi connectivity index (χ1n) is 5.77. The van der Waals surface area contributed by atoms with Crippen LogP contribution in [0.2, 0.25) is 0 Å². The van der Waals surface area contributed by atoms with Gasteiger partial charge in [0.15, 0.2) is 6.23 Å². The van der Waals surface area contributed by atoms with Crippen LogP contribution < -0.4 is 4.90 Å². The molecule has 19 heavy (non-hydrogen) atoms. The third kappa shape index (κ3) is 2.61. The van der Waals surface area contributed by atoms with Crippen LogP contribution in [0.5, 0.6) is 0 Å². The van der Waals surface area contributed by atoms with Gasteiger partial charge in [-0.25, -0.2) is 4.79 Å². The van der Waals surface area contributed by atoms with Crippen LogP contribution in [-0.4, -0.2) is 29.5 Å². The monoisotopic (exact) mass is 261 g/mol. The molecule has 2 N–H and O–H groups in total. The number of aliphatic hydroxyl groups excluding tert-OH is 2. The molecule has 0 saturated carbocycles. The Morgan fingerprint density at radius 2 is 1.95 bits per heavy atom. The lowest BCUT2D eigenvalue weighted by molar-refractivity contribution is 0.0601. The fourth-order valence-electron chi connectivity index (χ4n) is 2.00. The molecular formula is C14H15NO4. The molecule has 0 spiro atoms. The maximum atomic E-state index is 11.3. The van der Waals surface area contributed by atoms with Crippen molar-refractivity contribution in [3.05, 3.63) is 53.4 Å². The maximum Gasteiger partial charge on any atom is 0.337 e. The predicted octanol–water partition coefficient (Wildman–Crippen LogP) is 1.96. The van der Waals surface area contributed by atoms with Crippen LogP contribution in [0, 0.1) is 0 Å². The molecular weight excluding hydrogens is 246 g/mol. The fraction of sp³-hybridized carbons (Fsp3) is 0.214. The number of carbonyl (C=O) groups excluding carboxylic acids is 1. The van der Waals surface area contributed by atoms with Crippen LogP contribution in [-0.2, 0) is 4.74 Å². The molecule has 1 atom stereocenters. The Balaban J connectivity index is 2.28. The minimum atomic E-state index is -0.936. The highest BCUT2D eigenvalue weighted by Gasteiger charge is 2.21. The lowest BCUT2D eigenvalue weighted by atomic mass is 10.1. The van der Waals surface area contributed by atoms with Crippen LogP contribution in [0.3, 0.4) is 0 Å². The summed E-state index contributed by atoms with van der Waals surface area (Å²) >= 11 is 0. The van der Waals surface area contributed by atoms with Gasteiger partial charge in [-0.3, -0.25) is 0 Å². The summed E-state index contributed by atoms with van der Waals surface area (Å²) in [5.74, 6) is -0.372. The zero-order chi connectivity index (χ0) is 14.0. The highest BCUT2D eigenvalue weighted by atomic mass is 16.5. The second-order valence-corrected chi connectivity index (χ2v) is 4.20. The molecule has 0 bridgehead atoms. The molecule has 0 fully saturated rings. The molecule has 5 heteroatoms. The van der Waals surface area contributed by atoms with Crippen molar-refractivity contribution in [2.45, 2.75) is 13.2 Å². The first-order valence-corrected chi connectivity index (χ1v) is 5.77. The van der Waals surface area contributed by atoms with Gasteiger partial charge in [0.05, 0.1) is 12.7 Å². The number of anilines is 1. The largest absolute Gasteiger partial charge is 0.508 e. The zero-order valence-electron chi connectivity index (χ0n) is 10.7. The van der Waals surface area contributed by atoms with E-state index in [1.54, 1.807) is 42.2 Å². The van der Waals surface area contributed by atoms with E-state index in [1.165, 1.54) is 13.2 Å². The lowest BCUT2D eigenvalue weighted by Crippen LogP contribution is -2.34. The summed E-state index contributed by atoms with van der Waals surface area (Å²) in [6.07, 6.45) is 1.95. The molecule has 1 unspecified atom stereocenters. The number of esters is 1. The van der Waals surface area contributed by atoms with Crippen molar-refractivity contribution in [2.24, 2.45) is 0 Å². The van der Waals surface area contributed by atoms with Crippen LogP contribution in [0.1, 0.15) is 17.3 Å². The molecule has 1 aromatic rings. The molecule has 1 aliphatic heterocycles. The summed E-state index contributed by atoms with van der Waals surface area (Å²) in [5.41, 5.74) is 1.87. The molecule has 5 nitrogen and oxygen atoms in total. The summed E-state index contributed by atoms with van der Waals surface area (Å²) in [4.78, 5) is 13.0. The van der Waals surface area contributed by atoms with E-state index in [9.17, 15) is 15.0 Å². The third-order valence-corrected chi connectivity index (χ3v) is 2.89. The van der Waals surface area contributed by atoms with E-state index in [1.807, 2.05) is 0 Å². The molecule has 0 saturated heterocycles. The van der Waals surface area contributed by atoms with Crippen molar-refractivity contribution in [2.75, 3.05) is 12.0 Å². The molecule has 2 rings (SSSR count). The quantitative estimate of drug-likeness (QED) is 0.796. The van der Waals surface area contributed by atoms with Gasteiger partial charge in [-0.2, -0.15) is 0 Å². The number of allylic oxidation sites excluding steroid dienone is 2. The predicted molar refractivity (Wildman–Crippen MR) is 70.7 cm³/mol. The SMILES string of the molecule is COC(=O)c1ccc(N2C(C)=CC(O)=CC2O)cc1. The molecule has 1 aliphatic rings. The molecule has 0 radical (unpaired) electrons. The Morgan fingerprint density at radius 3 is 2.47 bits per heavy atom. The number of ether oxygens (including phenoxy) is 1. The second-order valence-electron chi connectivity index (χ2n) is 4.20. The number of hydrogen-bond acceptors (Lipinski definition) is 5. The van der Waals surface area contributed by atoms with Crippen LogP contribution >= 0.6 is 0 Å². The van der Waals surface area contributed by atoms with Crippen molar-refractivity contribution in [1.82, 2.24) is 0 Å². The highest BCUT2D eigenvalue weighted by Crippen LogP contribution is 2.26. The third-order valence-electron chi connectivity index (χ3n) is 2.89. The number of nitrogens with zero attached hydrogens (tertiary/aromatic N) is 1. The summed E-state index contributed by atoms with van der Waals surface area (Å²) in [6, 6.07) is 6.67. The van der Waals surface area contributed by atoms with Gasteiger partial charge in [0.25, 0.3) is 0 Å². The van der Waals surface area contributed by atoms with E-state index in [2.05, 4.69) is 4.74 Å². The summed E-state index contributed by atoms with van der Waals surface area (Å²) in [7, 11) is 1.32. The highest BCUT2D eigenvalue weighted by molar-refractivity contribution is 5.89. The minimum absolute atomic E-state index is 0.0347. The van der Waals surface area contributed by atoms with E-state index in [-0.39, 0.29) is 5.76 Å². The Bertz CT molecular complexity index is 545. The van der Waals surface area contributed by atoms with Gasteiger partial charge >= 0.3 is 5.97 Å². The molecule has 1 heterocycles. The van der Waals surface area contributed by atoms with E-state index in [4.69, 9.17) is 0 Å². The average Bonchev–Trinajstić information content (AvgIpc) is 2.37. The van der Waals surface area contributed by atoms with Crippen LogP contribution in [0.15, 0.2) is 47.9 Å². The van der Waals surface area contributed by atoms with Gasteiger partial charge in [-0.1, -0.05) is 0 Å². The number of benzene rings is 1. The van der Waals surface area contributed by atoms with E-state index >= 15 is 0 Å². The molecule has 0 aromatic heterocycles. The van der Waals surface area contributed by atoms with Gasteiger partial charge in [0, 0.05) is 17.5 Å². The minimum Gasteiger partial charge on any atom is -0.508 e. The normalized spacial score (nSPS) is 18.7. The Morgan fingerprint density at radius 1 is 1.32 bits per heavy atom. The standard InChI is InChI=1S/C14H15NO4/c1-9-7-12(16)8-13(17)15(9)11-5-3-10(4-6-11)14(18)19-2/h3-8,13,16-17H,1-2H3. The number of rotatable bonds is 2. The van der Waals surface area contributed by atoms with E-state index in [0.29, 0.717) is 11.3 Å². The number of carbonyl (C=O) groups is 1. The van der Waals surface area contributed by atoms with Gasteiger partial charge in [-0.15, -0.1) is 0 Å². The fourth-order valence-corrected chi connectivity index (χ4v) is 2.00. The molecule has 0 amide bonds. The Hall–Kier alpha value is -2.27. The number of aliphatic hydroxyl groups is 2. The Kier molecular flexibility index (Phi) is 3.57. The number of methoxy groups -OCH3 is 1. The van der Waals surface area contributed by atoms with Crippen molar-refractivity contribution < 1.29 is 19.7 Å². The van der Waals surface area contributed by atoms with Gasteiger partial charge in [0.2, 0.25) is 0 Å². The van der Waals surface area contributed by atoms with Crippen LogP contribution in [0.4, 0.5) is 5.69 Å². The molecule has 1 aromatic carbocycles. The number of hydrogen-bond donors (Lipinski definition) is 2. The average molecular weight is 261 g/mol. The maximum absolute atomic E-state index is 11.3. The first kappa shape index (κ1) is 13.2. The summed E-state index contributed by atoms with van der Waals surface area (Å²) in [6.45, 7) is 1.78. The zero-order valence-corrected chi connectivity index (χ0v) is 10.7. The van der Waals surface area contributed by atoms with E-state index in [0.717, 1.165) is 5.69 Å². The smallest absolute Gasteiger partial charge is 0.337 e. The van der Waals surface area contributed by atoms with Gasteiger partial charge in [0.1, 0.15) is 5.76 Å². The first-order chi connectivity index (χ1) is 9.02. The van der Waals surface area contributed by atoms with E-state index < -0.39 is 12.2 Å². The van der Waals surface area contributed by atoms with Gasteiger partial charge in [-0.05, 0) is 37.3 Å². The summed E-state index contributed by atoms with van der Waals surface area (Å²) in [5, 5.41) is 19.3. The van der Waals surface area contributed by atoms with Gasteiger partial charge < -0.3 is 19.8 Å². The Labute approximate surface area is 111 Å². The lowest BCUT2D eigenvalue weighted by Gasteiger charge is -2.31.